The van der Waals surface area contributed by atoms with Gasteiger partial charge in [-0.05, 0) is 6.92 Å². The number of rotatable bonds is 7. The largest absolute Gasteiger partial charge is 0.493 e. The van der Waals surface area contributed by atoms with E-state index in [0.29, 0.717) is 35.4 Å². The molecule has 0 aliphatic rings. The van der Waals surface area contributed by atoms with E-state index in [2.05, 4.69) is 15.3 Å². The summed E-state index contributed by atoms with van der Waals surface area (Å²) in [6, 6.07) is 4.73. The minimum Gasteiger partial charge on any atom is -0.493 e. The summed E-state index contributed by atoms with van der Waals surface area (Å²) in [5.74, 6) is 1.24. The predicted molar refractivity (Wildman–Crippen MR) is 87.3 cm³/mol. The molecular formula is C16H19N3O5. The number of amides is 1. The van der Waals surface area contributed by atoms with E-state index in [1.54, 1.807) is 12.1 Å². The predicted octanol–water partition coefficient (Wildman–Crippen LogP) is 2.15. The monoisotopic (exact) mass is 333 g/mol. The van der Waals surface area contributed by atoms with Crippen LogP contribution in [0.1, 0.15) is 17.4 Å². The molecule has 24 heavy (non-hydrogen) atoms. The quantitative estimate of drug-likeness (QED) is 0.830. The third kappa shape index (κ3) is 3.83. The summed E-state index contributed by atoms with van der Waals surface area (Å²) in [5, 5.41) is 2.73. The minimum absolute atomic E-state index is 0.183. The molecule has 0 fully saturated rings. The van der Waals surface area contributed by atoms with Gasteiger partial charge in [0.25, 0.3) is 5.91 Å². The molecule has 0 atom stereocenters. The molecule has 0 aliphatic carbocycles. The highest BCUT2D eigenvalue weighted by atomic mass is 16.5. The number of anilines is 1. The van der Waals surface area contributed by atoms with Crippen LogP contribution in [-0.2, 0) is 0 Å². The van der Waals surface area contributed by atoms with E-state index in [0.717, 1.165) is 0 Å². The third-order valence-electron chi connectivity index (χ3n) is 3.09. The average Bonchev–Trinajstić information content (AvgIpc) is 2.61. The van der Waals surface area contributed by atoms with Gasteiger partial charge in [0.1, 0.15) is 12.0 Å². The molecule has 0 spiro atoms. The van der Waals surface area contributed by atoms with Crippen molar-refractivity contribution >= 4 is 11.6 Å². The molecule has 0 saturated heterocycles. The van der Waals surface area contributed by atoms with Crippen molar-refractivity contribution < 1.29 is 23.7 Å². The first-order valence-corrected chi connectivity index (χ1v) is 7.19. The normalized spacial score (nSPS) is 10.0. The van der Waals surface area contributed by atoms with Gasteiger partial charge in [-0.25, -0.2) is 9.97 Å². The maximum absolute atomic E-state index is 12.4. The van der Waals surface area contributed by atoms with Crippen LogP contribution >= 0.6 is 0 Å². The summed E-state index contributed by atoms with van der Waals surface area (Å²) in [5.41, 5.74) is 0.660. The zero-order chi connectivity index (χ0) is 17.5. The number of methoxy groups -OCH3 is 3. The SMILES string of the molecule is CCOc1cc(C(=O)Nc2cc(OC)c(OC)c(OC)c2)ncn1. The maximum atomic E-state index is 12.4. The summed E-state index contributed by atoms with van der Waals surface area (Å²) in [7, 11) is 4.51. The number of benzene rings is 1. The molecule has 128 valence electrons. The topological polar surface area (TPSA) is 91.8 Å². The molecule has 0 unspecified atom stereocenters. The summed E-state index contributed by atoms with van der Waals surface area (Å²) in [6.45, 7) is 2.28. The zero-order valence-corrected chi connectivity index (χ0v) is 14.0. The molecule has 8 nitrogen and oxygen atoms in total. The van der Waals surface area contributed by atoms with Gasteiger partial charge in [-0.3, -0.25) is 4.79 Å². The Morgan fingerprint density at radius 1 is 1.04 bits per heavy atom. The van der Waals surface area contributed by atoms with Crippen LogP contribution in [0.2, 0.25) is 0 Å². The molecule has 1 aromatic carbocycles. The van der Waals surface area contributed by atoms with E-state index in [1.165, 1.54) is 33.7 Å². The third-order valence-corrected chi connectivity index (χ3v) is 3.09. The fourth-order valence-electron chi connectivity index (χ4n) is 2.04. The number of hydrogen-bond acceptors (Lipinski definition) is 7. The van der Waals surface area contributed by atoms with E-state index >= 15 is 0 Å². The fraction of sp³-hybridized carbons (Fsp3) is 0.312. The van der Waals surface area contributed by atoms with Gasteiger partial charge in [0.2, 0.25) is 11.6 Å². The van der Waals surface area contributed by atoms with Gasteiger partial charge in [0, 0.05) is 23.9 Å². The number of nitrogens with zero attached hydrogens (tertiary/aromatic N) is 2. The van der Waals surface area contributed by atoms with Gasteiger partial charge >= 0.3 is 0 Å². The van der Waals surface area contributed by atoms with Crippen molar-refractivity contribution in [3.05, 3.63) is 30.2 Å². The van der Waals surface area contributed by atoms with Crippen LogP contribution in [0.3, 0.4) is 0 Å². The number of nitrogens with one attached hydrogen (secondary N) is 1. The van der Waals surface area contributed by atoms with Crippen molar-refractivity contribution in [2.45, 2.75) is 6.92 Å². The second kappa shape index (κ2) is 8.00. The Morgan fingerprint density at radius 2 is 1.71 bits per heavy atom. The van der Waals surface area contributed by atoms with Crippen LogP contribution in [0.4, 0.5) is 5.69 Å². The molecule has 1 amide bonds. The van der Waals surface area contributed by atoms with Gasteiger partial charge in [-0.2, -0.15) is 0 Å². The van der Waals surface area contributed by atoms with Crippen molar-refractivity contribution in [3.8, 4) is 23.1 Å². The van der Waals surface area contributed by atoms with Crippen LogP contribution in [0.25, 0.3) is 0 Å². The van der Waals surface area contributed by atoms with Crippen molar-refractivity contribution in [3.63, 3.8) is 0 Å². The molecule has 0 bridgehead atoms. The van der Waals surface area contributed by atoms with E-state index in [-0.39, 0.29) is 5.69 Å². The number of carbonyl (C=O) groups is 1. The lowest BCUT2D eigenvalue weighted by Gasteiger charge is -2.14. The van der Waals surface area contributed by atoms with Crippen LogP contribution in [0.5, 0.6) is 23.1 Å². The van der Waals surface area contributed by atoms with Gasteiger partial charge in [0.05, 0.1) is 27.9 Å². The Kier molecular flexibility index (Phi) is 5.78. The number of carbonyl (C=O) groups excluding carboxylic acids is 1. The molecule has 0 saturated carbocycles. The number of ether oxygens (including phenoxy) is 4. The first-order valence-electron chi connectivity index (χ1n) is 7.19. The van der Waals surface area contributed by atoms with Gasteiger partial charge in [0.15, 0.2) is 11.5 Å². The van der Waals surface area contributed by atoms with Crippen molar-refractivity contribution in [1.29, 1.82) is 0 Å². The smallest absolute Gasteiger partial charge is 0.274 e. The fourth-order valence-corrected chi connectivity index (χ4v) is 2.04. The molecule has 1 heterocycles. The Morgan fingerprint density at radius 3 is 2.25 bits per heavy atom. The van der Waals surface area contributed by atoms with E-state index in [1.807, 2.05) is 6.92 Å². The lowest BCUT2D eigenvalue weighted by Crippen LogP contribution is -2.14. The Bertz CT molecular complexity index is 696. The zero-order valence-electron chi connectivity index (χ0n) is 14.0. The van der Waals surface area contributed by atoms with Crippen LogP contribution < -0.4 is 24.3 Å². The minimum atomic E-state index is -0.410. The second-order valence-corrected chi connectivity index (χ2v) is 4.54. The highest BCUT2D eigenvalue weighted by Gasteiger charge is 2.16. The second-order valence-electron chi connectivity index (χ2n) is 4.54. The molecule has 0 radical (unpaired) electrons. The molecular weight excluding hydrogens is 314 g/mol. The van der Waals surface area contributed by atoms with Crippen LogP contribution in [-0.4, -0.2) is 43.8 Å². The first kappa shape index (κ1) is 17.3. The average molecular weight is 333 g/mol. The van der Waals surface area contributed by atoms with Crippen LogP contribution in [0.15, 0.2) is 24.5 Å². The molecule has 0 aliphatic heterocycles. The van der Waals surface area contributed by atoms with Gasteiger partial charge in [-0.1, -0.05) is 0 Å². The maximum Gasteiger partial charge on any atom is 0.274 e. The Balaban J connectivity index is 2.27. The molecule has 1 N–H and O–H groups in total. The van der Waals surface area contributed by atoms with Gasteiger partial charge in [-0.15, -0.1) is 0 Å². The van der Waals surface area contributed by atoms with Crippen molar-refractivity contribution in [2.24, 2.45) is 0 Å². The molecule has 2 aromatic rings. The highest BCUT2D eigenvalue weighted by molar-refractivity contribution is 6.03. The molecule has 8 heteroatoms. The van der Waals surface area contributed by atoms with E-state index < -0.39 is 5.91 Å². The molecule has 2 rings (SSSR count). The summed E-state index contributed by atoms with van der Waals surface area (Å²) in [4.78, 5) is 20.2. The van der Waals surface area contributed by atoms with E-state index in [9.17, 15) is 4.79 Å². The lowest BCUT2D eigenvalue weighted by atomic mass is 10.2. The lowest BCUT2D eigenvalue weighted by molar-refractivity contribution is 0.102. The molecule has 1 aromatic heterocycles. The standard InChI is InChI=1S/C16H19N3O5/c1-5-24-14-8-11(17-9-18-14)16(20)19-10-6-12(21-2)15(23-4)13(7-10)22-3/h6-9H,5H2,1-4H3,(H,19,20). The first-order chi connectivity index (χ1) is 11.6. The van der Waals surface area contributed by atoms with E-state index in [4.69, 9.17) is 18.9 Å². The highest BCUT2D eigenvalue weighted by Crippen LogP contribution is 2.39. The summed E-state index contributed by atoms with van der Waals surface area (Å²) in [6.07, 6.45) is 1.27. The van der Waals surface area contributed by atoms with Crippen molar-refractivity contribution in [2.75, 3.05) is 33.3 Å². The Hall–Kier alpha value is -3.03. The summed E-state index contributed by atoms with van der Waals surface area (Å²) < 4.78 is 21.0. The van der Waals surface area contributed by atoms with Crippen LogP contribution in [0, 0.1) is 0 Å². The van der Waals surface area contributed by atoms with Gasteiger partial charge < -0.3 is 24.3 Å². The Labute approximate surface area is 139 Å². The number of hydrogen-bond donors (Lipinski definition) is 1. The van der Waals surface area contributed by atoms with Crippen molar-refractivity contribution in [1.82, 2.24) is 9.97 Å². The summed E-state index contributed by atoms with van der Waals surface area (Å²) >= 11 is 0. The number of aromatic nitrogens is 2.